The molecular formula is C11H20ClNO2S. The first-order valence-electron chi connectivity index (χ1n) is 5.81. The molecule has 0 aromatic rings. The number of carbonyl (C=O) groups excluding carboxylic acids is 1. The fourth-order valence-electron chi connectivity index (χ4n) is 2.00. The number of nitrogens with one attached hydrogen (secondary N) is 1. The highest BCUT2D eigenvalue weighted by molar-refractivity contribution is 7.85. The first kappa shape index (κ1) is 14.0. The van der Waals surface area contributed by atoms with Gasteiger partial charge in [0.05, 0.1) is 5.25 Å². The molecule has 5 heteroatoms. The van der Waals surface area contributed by atoms with Gasteiger partial charge in [0.15, 0.2) is 0 Å². The van der Waals surface area contributed by atoms with E-state index >= 15 is 0 Å². The van der Waals surface area contributed by atoms with Crippen molar-refractivity contribution in [1.29, 1.82) is 0 Å². The molecule has 0 radical (unpaired) electrons. The normalized spacial score (nSPS) is 21.4. The second-order valence-electron chi connectivity index (χ2n) is 4.38. The molecule has 0 aromatic carbocycles. The van der Waals surface area contributed by atoms with Gasteiger partial charge in [0.2, 0.25) is 5.91 Å². The summed E-state index contributed by atoms with van der Waals surface area (Å²) in [6.07, 6.45) is 7.70. The van der Waals surface area contributed by atoms with Gasteiger partial charge < -0.3 is 5.32 Å². The Morgan fingerprint density at radius 1 is 1.44 bits per heavy atom. The fraction of sp³-hybridized carbons (Fsp3) is 0.909. The summed E-state index contributed by atoms with van der Waals surface area (Å²) in [6, 6.07) is 0.322. The van der Waals surface area contributed by atoms with Crippen molar-refractivity contribution < 1.29 is 9.00 Å². The van der Waals surface area contributed by atoms with Gasteiger partial charge in [0.1, 0.15) is 0 Å². The molecule has 3 nitrogen and oxygen atoms in total. The van der Waals surface area contributed by atoms with Gasteiger partial charge in [-0.1, -0.05) is 19.3 Å². The first-order valence-corrected chi connectivity index (χ1v) is 7.96. The zero-order chi connectivity index (χ0) is 12.0. The number of rotatable bonds is 5. The Balaban J connectivity index is 2.31. The first-order chi connectivity index (χ1) is 7.63. The third kappa shape index (κ3) is 4.83. The van der Waals surface area contributed by atoms with E-state index in [1.54, 1.807) is 6.26 Å². The summed E-state index contributed by atoms with van der Waals surface area (Å²) in [4.78, 5) is 11.7. The van der Waals surface area contributed by atoms with Crippen LogP contribution in [0.3, 0.4) is 0 Å². The van der Waals surface area contributed by atoms with Crippen LogP contribution in [0.1, 0.15) is 38.5 Å². The molecule has 1 rings (SSSR count). The number of hydrogen-bond acceptors (Lipinski definition) is 2. The van der Waals surface area contributed by atoms with Crippen molar-refractivity contribution in [2.24, 2.45) is 0 Å². The Morgan fingerprint density at radius 2 is 2.06 bits per heavy atom. The minimum atomic E-state index is -1.02. The zero-order valence-electron chi connectivity index (χ0n) is 9.71. The number of halogens is 1. The minimum absolute atomic E-state index is 0.00671. The van der Waals surface area contributed by atoms with Gasteiger partial charge in [-0.05, 0) is 12.8 Å². The Kier molecular flexibility index (Phi) is 6.36. The van der Waals surface area contributed by atoms with Crippen molar-refractivity contribution in [3.8, 4) is 0 Å². The molecule has 0 saturated heterocycles. The van der Waals surface area contributed by atoms with Crippen LogP contribution in [0.15, 0.2) is 0 Å². The molecule has 1 aliphatic carbocycles. The minimum Gasteiger partial charge on any atom is -0.353 e. The lowest BCUT2D eigenvalue weighted by Gasteiger charge is -2.23. The van der Waals surface area contributed by atoms with Gasteiger partial charge in [-0.3, -0.25) is 9.00 Å². The van der Waals surface area contributed by atoms with Gasteiger partial charge in [-0.15, -0.1) is 11.6 Å². The van der Waals surface area contributed by atoms with E-state index in [4.69, 9.17) is 11.6 Å². The van der Waals surface area contributed by atoms with Gasteiger partial charge in [0, 0.05) is 35.4 Å². The van der Waals surface area contributed by atoms with Crippen molar-refractivity contribution in [3.05, 3.63) is 0 Å². The Bertz CT molecular complexity index is 254. The van der Waals surface area contributed by atoms with Crippen LogP contribution in [0.5, 0.6) is 0 Å². The van der Waals surface area contributed by atoms with Gasteiger partial charge in [-0.25, -0.2) is 0 Å². The van der Waals surface area contributed by atoms with Crippen molar-refractivity contribution in [1.82, 2.24) is 5.32 Å². The summed E-state index contributed by atoms with van der Waals surface area (Å²) in [7, 11) is -1.02. The molecule has 0 bridgehead atoms. The monoisotopic (exact) mass is 265 g/mol. The van der Waals surface area contributed by atoms with Crippen LogP contribution in [-0.2, 0) is 15.6 Å². The Labute approximate surface area is 105 Å². The maximum Gasteiger partial charge on any atom is 0.221 e. The number of carbonyl (C=O) groups is 1. The third-order valence-corrected chi connectivity index (χ3v) is 4.85. The van der Waals surface area contributed by atoms with E-state index in [0.717, 1.165) is 12.8 Å². The van der Waals surface area contributed by atoms with E-state index in [0.29, 0.717) is 6.04 Å². The lowest BCUT2D eigenvalue weighted by molar-refractivity contribution is -0.121. The number of hydrogen-bond donors (Lipinski definition) is 1. The average molecular weight is 266 g/mol. The molecule has 1 N–H and O–H groups in total. The van der Waals surface area contributed by atoms with Crippen molar-refractivity contribution >= 4 is 28.3 Å². The summed E-state index contributed by atoms with van der Waals surface area (Å²) >= 11 is 5.68. The smallest absolute Gasteiger partial charge is 0.221 e. The number of alkyl halides is 1. The molecule has 1 saturated carbocycles. The number of amides is 1. The summed E-state index contributed by atoms with van der Waals surface area (Å²) in [5.41, 5.74) is 0. The largest absolute Gasteiger partial charge is 0.353 e. The molecule has 1 aliphatic rings. The van der Waals surface area contributed by atoms with Crippen LogP contribution in [0.4, 0.5) is 0 Å². The van der Waals surface area contributed by atoms with Gasteiger partial charge >= 0.3 is 0 Å². The van der Waals surface area contributed by atoms with E-state index < -0.39 is 10.8 Å². The average Bonchev–Trinajstić information content (AvgIpc) is 2.27. The zero-order valence-corrected chi connectivity index (χ0v) is 11.3. The summed E-state index contributed by atoms with van der Waals surface area (Å²) in [6.45, 7) is 0. The van der Waals surface area contributed by atoms with E-state index in [1.165, 1.54) is 19.3 Å². The molecule has 0 aliphatic heterocycles. The van der Waals surface area contributed by atoms with Crippen LogP contribution in [0.25, 0.3) is 0 Å². The standard InChI is InChI=1S/C11H20ClNO2S/c1-16(15)10(8-12)7-11(14)13-9-5-3-2-4-6-9/h9-10H,2-8H2,1H3,(H,13,14). The maximum absolute atomic E-state index is 11.7. The van der Waals surface area contributed by atoms with Crippen molar-refractivity contribution in [2.45, 2.75) is 49.8 Å². The van der Waals surface area contributed by atoms with Crippen molar-refractivity contribution in [2.75, 3.05) is 12.1 Å². The van der Waals surface area contributed by atoms with E-state index in [-0.39, 0.29) is 23.5 Å². The molecule has 16 heavy (non-hydrogen) atoms. The van der Waals surface area contributed by atoms with Crippen LogP contribution in [-0.4, -0.2) is 33.5 Å². The molecule has 0 aromatic heterocycles. The predicted molar refractivity (Wildman–Crippen MR) is 68.2 cm³/mol. The highest BCUT2D eigenvalue weighted by Crippen LogP contribution is 2.17. The van der Waals surface area contributed by atoms with Crippen LogP contribution < -0.4 is 5.32 Å². The highest BCUT2D eigenvalue weighted by Gasteiger charge is 2.20. The summed E-state index contributed by atoms with van der Waals surface area (Å²) < 4.78 is 11.2. The molecule has 2 atom stereocenters. The highest BCUT2D eigenvalue weighted by atomic mass is 35.5. The van der Waals surface area contributed by atoms with E-state index in [1.807, 2.05) is 0 Å². The van der Waals surface area contributed by atoms with Gasteiger partial charge in [0.25, 0.3) is 0 Å². The lowest BCUT2D eigenvalue weighted by Crippen LogP contribution is -2.38. The molecule has 0 spiro atoms. The predicted octanol–water partition coefficient (Wildman–Crippen LogP) is 1.81. The third-order valence-electron chi connectivity index (χ3n) is 3.02. The quantitative estimate of drug-likeness (QED) is 0.771. The van der Waals surface area contributed by atoms with Crippen LogP contribution >= 0.6 is 11.6 Å². The Hall–Kier alpha value is -0.0900. The van der Waals surface area contributed by atoms with Crippen molar-refractivity contribution in [3.63, 3.8) is 0 Å². The van der Waals surface area contributed by atoms with E-state index in [9.17, 15) is 9.00 Å². The second kappa shape index (κ2) is 7.28. The molecule has 0 heterocycles. The molecule has 2 unspecified atom stereocenters. The maximum atomic E-state index is 11.7. The van der Waals surface area contributed by atoms with Gasteiger partial charge in [-0.2, -0.15) is 0 Å². The molecule has 1 amide bonds. The summed E-state index contributed by atoms with van der Waals surface area (Å²) in [5.74, 6) is 0.272. The molecule has 94 valence electrons. The van der Waals surface area contributed by atoms with E-state index in [2.05, 4.69) is 5.32 Å². The van der Waals surface area contributed by atoms with Crippen LogP contribution in [0.2, 0.25) is 0 Å². The molecular weight excluding hydrogens is 246 g/mol. The summed E-state index contributed by atoms with van der Waals surface area (Å²) in [5, 5.41) is 2.79. The SMILES string of the molecule is CS(=O)C(CCl)CC(=O)NC1CCCCC1. The fourth-order valence-corrected chi connectivity index (χ4v) is 3.21. The Morgan fingerprint density at radius 3 is 2.56 bits per heavy atom. The molecule has 1 fully saturated rings. The topological polar surface area (TPSA) is 46.2 Å². The second-order valence-corrected chi connectivity index (χ2v) is 6.35. The lowest BCUT2D eigenvalue weighted by atomic mass is 9.95. The van der Waals surface area contributed by atoms with Crippen LogP contribution in [0, 0.1) is 0 Å².